The second kappa shape index (κ2) is 10.2. The Hall–Kier alpha value is -1.92. The number of carbonyl (C=O) groups is 2. The molecule has 0 aliphatic carbocycles. The van der Waals surface area contributed by atoms with E-state index < -0.39 is 0 Å². The molecule has 2 N–H and O–H groups in total. The molecule has 25 heavy (non-hydrogen) atoms. The zero-order valence-corrected chi connectivity index (χ0v) is 15.4. The Morgan fingerprint density at radius 2 is 1.92 bits per heavy atom. The SMILES string of the molecule is CCCN(CCC(=O)N1CCNCC1)CC(=O)Nc1ccccc1C. The van der Waals surface area contributed by atoms with Crippen LogP contribution in [0, 0.1) is 6.92 Å². The highest BCUT2D eigenvalue weighted by Crippen LogP contribution is 2.13. The van der Waals surface area contributed by atoms with Crippen LogP contribution in [0.25, 0.3) is 0 Å². The third-order valence-electron chi connectivity index (χ3n) is 4.44. The molecule has 0 spiro atoms. The molecule has 2 rings (SSSR count). The third kappa shape index (κ3) is 6.48. The number of aryl methyl sites for hydroxylation is 1. The maximum absolute atomic E-state index is 12.3. The predicted octanol–water partition coefficient (Wildman–Crippen LogP) is 1.47. The van der Waals surface area contributed by atoms with Crippen molar-refractivity contribution in [3.63, 3.8) is 0 Å². The number of benzene rings is 1. The van der Waals surface area contributed by atoms with Gasteiger partial charge in [0.1, 0.15) is 0 Å². The van der Waals surface area contributed by atoms with Gasteiger partial charge in [-0.2, -0.15) is 0 Å². The van der Waals surface area contributed by atoms with Crippen LogP contribution in [0.5, 0.6) is 0 Å². The molecule has 138 valence electrons. The molecule has 0 saturated carbocycles. The van der Waals surface area contributed by atoms with Gasteiger partial charge in [0.2, 0.25) is 11.8 Å². The van der Waals surface area contributed by atoms with Crippen molar-refractivity contribution in [1.82, 2.24) is 15.1 Å². The number of rotatable bonds is 8. The van der Waals surface area contributed by atoms with Crippen molar-refractivity contribution in [2.45, 2.75) is 26.7 Å². The van der Waals surface area contributed by atoms with Crippen LogP contribution < -0.4 is 10.6 Å². The summed E-state index contributed by atoms with van der Waals surface area (Å²) in [6.07, 6.45) is 1.43. The van der Waals surface area contributed by atoms with Gasteiger partial charge in [-0.05, 0) is 31.5 Å². The van der Waals surface area contributed by atoms with Crippen molar-refractivity contribution in [2.24, 2.45) is 0 Å². The number of nitrogens with one attached hydrogen (secondary N) is 2. The Morgan fingerprint density at radius 3 is 2.60 bits per heavy atom. The minimum atomic E-state index is -0.0302. The Labute approximate surface area is 150 Å². The number of nitrogens with zero attached hydrogens (tertiary/aromatic N) is 2. The summed E-state index contributed by atoms with van der Waals surface area (Å²) in [6.45, 7) is 9.11. The summed E-state index contributed by atoms with van der Waals surface area (Å²) in [4.78, 5) is 28.6. The second-order valence-corrected chi connectivity index (χ2v) is 6.52. The van der Waals surface area contributed by atoms with Gasteiger partial charge >= 0.3 is 0 Å². The molecule has 6 heteroatoms. The van der Waals surface area contributed by atoms with Gasteiger partial charge in [-0.25, -0.2) is 0 Å². The predicted molar refractivity (Wildman–Crippen MR) is 101 cm³/mol. The Balaban J connectivity index is 1.81. The fourth-order valence-electron chi connectivity index (χ4n) is 3.02. The minimum Gasteiger partial charge on any atom is -0.340 e. The number of hydrogen-bond donors (Lipinski definition) is 2. The fraction of sp³-hybridized carbons (Fsp3) is 0.579. The van der Waals surface area contributed by atoms with Crippen molar-refractivity contribution in [2.75, 3.05) is 51.1 Å². The third-order valence-corrected chi connectivity index (χ3v) is 4.44. The summed E-state index contributed by atoms with van der Waals surface area (Å²) < 4.78 is 0. The lowest BCUT2D eigenvalue weighted by atomic mass is 10.2. The normalized spacial score (nSPS) is 14.6. The van der Waals surface area contributed by atoms with Crippen molar-refractivity contribution in [3.05, 3.63) is 29.8 Å². The number of carbonyl (C=O) groups excluding carboxylic acids is 2. The maximum Gasteiger partial charge on any atom is 0.238 e. The molecule has 1 aliphatic heterocycles. The molecule has 1 saturated heterocycles. The Bertz CT molecular complexity index is 570. The number of amides is 2. The zero-order valence-electron chi connectivity index (χ0n) is 15.4. The molecule has 1 heterocycles. The lowest BCUT2D eigenvalue weighted by molar-refractivity contribution is -0.132. The molecular formula is C19H30N4O2. The van der Waals surface area contributed by atoms with E-state index in [1.54, 1.807) is 0 Å². The number of para-hydroxylation sites is 1. The van der Waals surface area contributed by atoms with E-state index in [0.717, 1.165) is 50.4 Å². The highest BCUT2D eigenvalue weighted by Gasteiger charge is 2.18. The molecule has 1 aromatic carbocycles. The summed E-state index contributed by atoms with van der Waals surface area (Å²) in [7, 11) is 0. The molecule has 1 aliphatic rings. The molecule has 0 aromatic heterocycles. The summed E-state index contributed by atoms with van der Waals surface area (Å²) in [5.41, 5.74) is 1.90. The number of hydrogen-bond acceptors (Lipinski definition) is 4. The van der Waals surface area contributed by atoms with Gasteiger partial charge in [0.15, 0.2) is 0 Å². The molecule has 1 fully saturated rings. The van der Waals surface area contributed by atoms with Crippen LogP contribution in [-0.4, -0.2) is 67.4 Å². The zero-order chi connectivity index (χ0) is 18.1. The van der Waals surface area contributed by atoms with E-state index in [4.69, 9.17) is 0 Å². The van der Waals surface area contributed by atoms with Gasteiger partial charge in [0, 0.05) is 44.8 Å². The largest absolute Gasteiger partial charge is 0.340 e. The topological polar surface area (TPSA) is 64.7 Å². The molecule has 0 unspecified atom stereocenters. The van der Waals surface area contributed by atoms with E-state index in [1.807, 2.05) is 36.1 Å². The number of anilines is 1. The second-order valence-electron chi connectivity index (χ2n) is 6.52. The van der Waals surface area contributed by atoms with Gasteiger partial charge in [0.25, 0.3) is 0 Å². The monoisotopic (exact) mass is 346 g/mol. The van der Waals surface area contributed by atoms with Crippen LogP contribution >= 0.6 is 0 Å². The first-order chi connectivity index (χ1) is 12.1. The first-order valence-electron chi connectivity index (χ1n) is 9.16. The van der Waals surface area contributed by atoms with E-state index in [1.165, 1.54) is 0 Å². The van der Waals surface area contributed by atoms with Crippen molar-refractivity contribution >= 4 is 17.5 Å². The van der Waals surface area contributed by atoms with Gasteiger partial charge in [-0.3, -0.25) is 14.5 Å². The first-order valence-corrected chi connectivity index (χ1v) is 9.16. The smallest absolute Gasteiger partial charge is 0.238 e. The van der Waals surface area contributed by atoms with Gasteiger partial charge in [0.05, 0.1) is 6.54 Å². The fourth-order valence-corrected chi connectivity index (χ4v) is 3.02. The molecule has 0 atom stereocenters. The number of piperazine rings is 1. The van der Waals surface area contributed by atoms with Crippen molar-refractivity contribution in [3.8, 4) is 0 Å². The van der Waals surface area contributed by atoms with E-state index in [2.05, 4.69) is 22.5 Å². The van der Waals surface area contributed by atoms with Crippen molar-refractivity contribution < 1.29 is 9.59 Å². The maximum atomic E-state index is 12.3. The van der Waals surface area contributed by atoms with Gasteiger partial charge in [-0.15, -0.1) is 0 Å². The van der Waals surface area contributed by atoms with E-state index in [9.17, 15) is 9.59 Å². The van der Waals surface area contributed by atoms with Crippen LogP contribution in [0.4, 0.5) is 5.69 Å². The first kappa shape index (κ1) is 19.4. The Kier molecular flexibility index (Phi) is 7.88. The molecule has 2 amide bonds. The highest BCUT2D eigenvalue weighted by molar-refractivity contribution is 5.93. The summed E-state index contributed by atoms with van der Waals surface area (Å²) in [6, 6.07) is 7.76. The van der Waals surface area contributed by atoms with E-state index >= 15 is 0 Å². The Morgan fingerprint density at radius 1 is 1.20 bits per heavy atom. The van der Waals surface area contributed by atoms with Crippen LogP contribution in [-0.2, 0) is 9.59 Å². The van der Waals surface area contributed by atoms with Gasteiger partial charge < -0.3 is 15.5 Å². The van der Waals surface area contributed by atoms with Crippen molar-refractivity contribution in [1.29, 1.82) is 0 Å². The summed E-state index contributed by atoms with van der Waals surface area (Å²) >= 11 is 0. The minimum absolute atomic E-state index is 0.0302. The average Bonchev–Trinajstić information content (AvgIpc) is 2.62. The molecular weight excluding hydrogens is 316 g/mol. The van der Waals surface area contributed by atoms with Crippen LogP contribution in [0.1, 0.15) is 25.3 Å². The van der Waals surface area contributed by atoms with Crippen LogP contribution in [0.2, 0.25) is 0 Å². The van der Waals surface area contributed by atoms with E-state index in [0.29, 0.717) is 19.5 Å². The summed E-state index contributed by atoms with van der Waals surface area (Å²) in [5.74, 6) is 0.152. The molecule has 1 aromatic rings. The highest BCUT2D eigenvalue weighted by atomic mass is 16.2. The van der Waals surface area contributed by atoms with Gasteiger partial charge in [-0.1, -0.05) is 25.1 Å². The van der Waals surface area contributed by atoms with Crippen LogP contribution in [0.15, 0.2) is 24.3 Å². The van der Waals surface area contributed by atoms with E-state index in [-0.39, 0.29) is 11.8 Å². The lowest BCUT2D eigenvalue weighted by Gasteiger charge is -2.28. The summed E-state index contributed by atoms with van der Waals surface area (Å²) in [5, 5.41) is 6.22. The van der Waals surface area contributed by atoms with Crippen LogP contribution in [0.3, 0.4) is 0 Å². The molecule has 0 bridgehead atoms. The molecule has 6 nitrogen and oxygen atoms in total. The standard InChI is InChI=1S/C19H30N4O2/c1-3-11-22(12-8-19(25)23-13-9-20-10-14-23)15-18(24)21-17-7-5-4-6-16(17)2/h4-7,20H,3,8-15H2,1-2H3,(H,21,24). The lowest BCUT2D eigenvalue weighted by Crippen LogP contribution is -2.47. The quantitative estimate of drug-likeness (QED) is 0.748. The molecule has 0 radical (unpaired) electrons. The average molecular weight is 346 g/mol.